The van der Waals surface area contributed by atoms with E-state index in [1.54, 1.807) is 38.5 Å². The van der Waals surface area contributed by atoms with Crippen molar-refractivity contribution in [2.45, 2.75) is 12.5 Å². The summed E-state index contributed by atoms with van der Waals surface area (Å²) in [6.45, 7) is 0.134. The van der Waals surface area contributed by atoms with Gasteiger partial charge in [0.05, 0.1) is 25.5 Å². The number of rotatable bonds is 6. The molecule has 2 aromatic carbocycles. The number of halogens is 1. The lowest BCUT2D eigenvalue weighted by Crippen LogP contribution is -2.19. The van der Waals surface area contributed by atoms with Crippen LogP contribution in [0.25, 0.3) is 0 Å². The van der Waals surface area contributed by atoms with Gasteiger partial charge in [0, 0.05) is 16.5 Å². The van der Waals surface area contributed by atoms with E-state index in [9.17, 15) is 4.79 Å². The van der Waals surface area contributed by atoms with Crippen LogP contribution in [0.4, 0.5) is 0 Å². The van der Waals surface area contributed by atoms with Crippen molar-refractivity contribution >= 4 is 27.6 Å². The molecule has 1 aliphatic rings. The average Bonchev–Trinajstić information content (AvgIpc) is 3.15. The fraction of sp³-hybridized carbons (Fsp3) is 0.263. The molecule has 0 spiro atoms. The van der Waals surface area contributed by atoms with Crippen molar-refractivity contribution < 1.29 is 23.8 Å². The highest BCUT2D eigenvalue weighted by Gasteiger charge is 2.24. The summed E-state index contributed by atoms with van der Waals surface area (Å²) in [5.74, 6) is 0.884. The van der Waals surface area contributed by atoms with Crippen LogP contribution in [-0.2, 0) is 9.57 Å². The molecule has 0 amide bonds. The van der Waals surface area contributed by atoms with Crippen molar-refractivity contribution in [3.63, 3.8) is 0 Å². The fourth-order valence-electron chi connectivity index (χ4n) is 2.54. The molecule has 7 heteroatoms. The molecule has 1 heterocycles. The molecule has 0 saturated carbocycles. The number of hydrogen-bond acceptors (Lipinski definition) is 6. The maximum Gasteiger partial charge on any atom is 0.338 e. The van der Waals surface area contributed by atoms with Gasteiger partial charge < -0.3 is 19.0 Å². The molecule has 1 unspecified atom stereocenters. The molecular weight excluding hydrogens is 402 g/mol. The number of carbonyl (C=O) groups is 1. The molecule has 136 valence electrons. The van der Waals surface area contributed by atoms with Crippen LogP contribution in [0.1, 0.15) is 22.3 Å². The van der Waals surface area contributed by atoms with E-state index in [0.717, 1.165) is 15.7 Å². The maximum absolute atomic E-state index is 12.1. The third-order valence-electron chi connectivity index (χ3n) is 3.93. The molecule has 0 aliphatic carbocycles. The number of ether oxygens (including phenoxy) is 3. The van der Waals surface area contributed by atoms with Gasteiger partial charge in [-0.2, -0.15) is 0 Å². The molecule has 0 radical (unpaired) electrons. The molecule has 0 bridgehead atoms. The van der Waals surface area contributed by atoms with Crippen LogP contribution in [-0.4, -0.2) is 38.6 Å². The van der Waals surface area contributed by atoms with Crippen molar-refractivity contribution in [1.29, 1.82) is 0 Å². The first-order valence-corrected chi connectivity index (χ1v) is 8.77. The van der Waals surface area contributed by atoms with Crippen LogP contribution in [0.15, 0.2) is 52.1 Å². The highest BCUT2D eigenvalue weighted by Crippen LogP contribution is 2.29. The van der Waals surface area contributed by atoms with E-state index in [0.29, 0.717) is 23.5 Å². The van der Waals surface area contributed by atoms with E-state index in [1.165, 1.54) is 0 Å². The van der Waals surface area contributed by atoms with Gasteiger partial charge in [-0.25, -0.2) is 4.79 Å². The monoisotopic (exact) mass is 419 g/mol. The Morgan fingerprint density at radius 3 is 2.58 bits per heavy atom. The molecule has 0 fully saturated rings. The molecule has 6 nitrogen and oxygen atoms in total. The normalized spacial score (nSPS) is 15.8. The van der Waals surface area contributed by atoms with Crippen LogP contribution >= 0.6 is 15.9 Å². The summed E-state index contributed by atoms with van der Waals surface area (Å²) in [5.41, 5.74) is 2.15. The SMILES string of the molecule is COc1ccc(C2=NOC(COC(=O)c3ccc(Br)cc3)C2)cc1OC. The van der Waals surface area contributed by atoms with Crippen molar-refractivity contribution in [3.8, 4) is 11.5 Å². The first-order valence-electron chi connectivity index (χ1n) is 7.98. The molecule has 2 aromatic rings. The van der Waals surface area contributed by atoms with Gasteiger partial charge in [0.1, 0.15) is 6.61 Å². The summed E-state index contributed by atoms with van der Waals surface area (Å²) >= 11 is 3.33. The van der Waals surface area contributed by atoms with E-state index in [2.05, 4.69) is 21.1 Å². The minimum absolute atomic E-state index is 0.134. The van der Waals surface area contributed by atoms with Gasteiger partial charge in [-0.05, 0) is 42.5 Å². The summed E-state index contributed by atoms with van der Waals surface area (Å²) < 4.78 is 16.8. The predicted molar refractivity (Wildman–Crippen MR) is 100.0 cm³/mol. The van der Waals surface area contributed by atoms with Crippen LogP contribution in [0.2, 0.25) is 0 Å². The third-order valence-corrected chi connectivity index (χ3v) is 4.46. The van der Waals surface area contributed by atoms with Crippen molar-refractivity contribution in [2.75, 3.05) is 20.8 Å². The molecular formula is C19H18BrNO5. The van der Waals surface area contributed by atoms with Crippen LogP contribution in [0.3, 0.4) is 0 Å². The lowest BCUT2D eigenvalue weighted by atomic mass is 10.0. The Labute approximate surface area is 159 Å². The van der Waals surface area contributed by atoms with Gasteiger partial charge in [-0.3, -0.25) is 0 Å². The number of carbonyl (C=O) groups excluding carboxylic acids is 1. The zero-order valence-corrected chi connectivity index (χ0v) is 16.0. The van der Waals surface area contributed by atoms with Gasteiger partial charge in [0.15, 0.2) is 17.6 Å². The molecule has 0 saturated heterocycles. The van der Waals surface area contributed by atoms with Crippen LogP contribution in [0.5, 0.6) is 11.5 Å². The zero-order chi connectivity index (χ0) is 18.5. The maximum atomic E-state index is 12.1. The Morgan fingerprint density at radius 2 is 1.88 bits per heavy atom. The average molecular weight is 420 g/mol. The Hall–Kier alpha value is -2.54. The second kappa shape index (κ2) is 8.23. The molecule has 1 atom stereocenters. The van der Waals surface area contributed by atoms with Crippen LogP contribution < -0.4 is 9.47 Å². The molecule has 0 N–H and O–H groups in total. The van der Waals surface area contributed by atoms with Gasteiger partial charge >= 0.3 is 5.97 Å². The third kappa shape index (κ3) is 4.16. The Balaban J connectivity index is 1.56. The summed E-state index contributed by atoms with van der Waals surface area (Å²) in [6.07, 6.45) is 0.237. The van der Waals surface area contributed by atoms with Gasteiger partial charge in [-0.15, -0.1) is 0 Å². The topological polar surface area (TPSA) is 66.3 Å². The Bertz CT molecular complexity index is 819. The largest absolute Gasteiger partial charge is 0.493 e. The lowest BCUT2D eigenvalue weighted by molar-refractivity contribution is 0.00686. The van der Waals surface area contributed by atoms with Gasteiger partial charge in [0.2, 0.25) is 0 Å². The summed E-state index contributed by atoms with van der Waals surface area (Å²) in [5, 5.41) is 4.10. The molecule has 3 rings (SSSR count). The van der Waals surface area contributed by atoms with Gasteiger partial charge in [-0.1, -0.05) is 21.1 Å². The summed E-state index contributed by atoms with van der Waals surface area (Å²) in [7, 11) is 3.17. The first-order chi connectivity index (χ1) is 12.6. The second-order valence-electron chi connectivity index (χ2n) is 5.64. The van der Waals surface area contributed by atoms with Gasteiger partial charge in [0.25, 0.3) is 0 Å². The van der Waals surface area contributed by atoms with E-state index >= 15 is 0 Å². The zero-order valence-electron chi connectivity index (χ0n) is 14.4. The number of methoxy groups -OCH3 is 2. The lowest BCUT2D eigenvalue weighted by Gasteiger charge is -2.10. The Kier molecular flexibility index (Phi) is 5.78. The number of nitrogens with zero attached hydrogens (tertiary/aromatic N) is 1. The quantitative estimate of drug-likeness (QED) is 0.665. The van der Waals surface area contributed by atoms with Crippen molar-refractivity contribution in [2.24, 2.45) is 5.16 Å². The molecule has 1 aliphatic heterocycles. The van der Waals surface area contributed by atoms with Crippen molar-refractivity contribution in [3.05, 3.63) is 58.1 Å². The highest BCUT2D eigenvalue weighted by molar-refractivity contribution is 9.10. The standard InChI is InChI=1S/C19H18BrNO5/c1-23-17-8-5-13(9-18(17)24-2)16-10-15(26-21-16)11-25-19(22)12-3-6-14(20)7-4-12/h3-9,15H,10-11H2,1-2H3. The Morgan fingerprint density at radius 1 is 1.15 bits per heavy atom. The molecule has 26 heavy (non-hydrogen) atoms. The summed E-state index contributed by atoms with van der Waals surface area (Å²) in [6, 6.07) is 12.5. The van der Waals surface area contributed by atoms with Crippen molar-refractivity contribution in [1.82, 2.24) is 0 Å². The highest BCUT2D eigenvalue weighted by atomic mass is 79.9. The number of benzene rings is 2. The second-order valence-corrected chi connectivity index (χ2v) is 6.56. The molecule has 0 aromatic heterocycles. The van der Waals surface area contributed by atoms with E-state index < -0.39 is 0 Å². The number of hydrogen-bond donors (Lipinski definition) is 0. The number of esters is 1. The minimum atomic E-state index is -0.388. The number of oxime groups is 1. The minimum Gasteiger partial charge on any atom is -0.493 e. The van der Waals surface area contributed by atoms with E-state index in [1.807, 2.05) is 18.2 Å². The van der Waals surface area contributed by atoms with Crippen LogP contribution in [0, 0.1) is 0 Å². The van der Waals surface area contributed by atoms with E-state index in [4.69, 9.17) is 19.0 Å². The summed E-state index contributed by atoms with van der Waals surface area (Å²) in [4.78, 5) is 17.4. The fourth-order valence-corrected chi connectivity index (χ4v) is 2.81. The van der Waals surface area contributed by atoms with E-state index in [-0.39, 0.29) is 18.7 Å². The smallest absolute Gasteiger partial charge is 0.338 e. The predicted octanol–water partition coefficient (Wildman–Crippen LogP) is 3.82. The first kappa shape index (κ1) is 18.3.